The summed E-state index contributed by atoms with van der Waals surface area (Å²) in [5, 5.41) is 12.2. The first-order valence-electron chi connectivity index (χ1n) is 5.12. The summed E-state index contributed by atoms with van der Waals surface area (Å²) in [5.41, 5.74) is 7.09. The van der Waals surface area contributed by atoms with Gasteiger partial charge in [0.15, 0.2) is 0 Å². The molecule has 0 saturated heterocycles. The molecule has 5 heteroatoms. The van der Waals surface area contributed by atoms with Crippen LogP contribution in [-0.4, -0.2) is 0 Å². The van der Waals surface area contributed by atoms with Crippen LogP contribution in [0.1, 0.15) is 5.56 Å². The van der Waals surface area contributed by atoms with Crippen molar-refractivity contribution in [2.75, 3.05) is 11.1 Å². The van der Waals surface area contributed by atoms with Crippen LogP contribution in [0.25, 0.3) is 0 Å². The van der Waals surface area contributed by atoms with Gasteiger partial charge >= 0.3 is 0 Å². The van der Waals surface area contributed by atoms with Gasteiger partial charge < -0.3 is 11.1 Å². The lowest BCUT2D eigenvalue weighted by molar-refractivity contribution is 0.632. The van der Waals surface area contributed by atoms with Crippen LogP contribution in [0, 0.1) is 17.1 Å². The van der Waals surface area contributed by atoms with Gasteiger partial charge in [0, 0.05) is 10.7 Å². The number of nitriles is 1. The van der Waals surface area contributed by atoms with Crippen molar-refractivity contribution in [3.8, 4) is 6.07 Å². The highest BCUT2D eigenvalue weighted by molar-refractivity contribution is 6.30. The third-order valence-electron chi connectivity index (χ3n) is 2.36. The first kappa shape index (κ1) is 12.2. The predicted octanol–water partition coefficient (Wildman–Crippen LogP) is 3.68. The monoisotopic (exact) mass is 261 g/mol. The van der Waals surface area contributed by atoms with Crippen molar-refractivity contribution in [1.82, 2.24) is 0 Å². The molecule has 3 nitrogen and oxygen atoms in total. The van der Waals surface area contributed by atoms with Gasteiger partial charge in [0.25, 0.3) is 0 Å². The van der Waals surface area contributed by atoms with Gasteiger partial charge in [0.05, 0.1) is 16.9 Å². The van der Waals surface area contributed by atoms with Crippen molar-refractivity contribution in [2.45, 2.75) is 0 Å². The second-order valence-electron chi connectivity index (χ2n) is 3.67. The van der Waals surface area contributed by atoms with Gasteiger partial charge in [-0.3, -0.25) is 0 Å². The van der Waals surface area contributed by atoms with Gasteiger partial charge in [-0.2, -0.15) is 5.26 Å². The highest BCUT2D eigenvalue weighted by Crippen LogP contribution is 2.26. The minimum absolute atomic E-state index is 0.212. The molecular formula is C13H9ClFN3. The number of nitrogens with one attached hydrogen (secondary N) is 1. The minimum atomic E-state index is -0.444. The van der Waals surface area contributed by atoms with Gasteiger partial charge in [-0.15, -0.1) is 0 Å². The largest absolute Gasteiger partial charge is 0.399 e. The molecule has 0 amide bonds. The summed E-state index contributed by atoms with van der Waals surface area (Å²) in [6, 6.07) is 10.9. The minimum Gasteiger partial charge on any atom is -0.399 e. The maximum Gasteiger partial charge on any atom is 0.146 e. The van der Waals surface area contributed by atoms with Crippen molar-refractivity contribution in [3.63, 3.8) is 0 Å². The molecule has 0 aromatic heterocycles. The molecule has 2 aromatic carbocycles. The summed E-state index contributed by atoms with van der Waals surface area (Å²) in [6.45, 7) is 0. The van der Waals surface area contributed by atoms with E-state index < -0.39 is 5.82 Å². The molecule has 0 aliphatic rings. The smallest absolute Gasteiger partial charge is 0.146 e. The zero-order valence-electron chi connectivity index (χ0n) is 9.24. The van der Waals surface area contributed by atoms with Crippen molar-refractivity contribution in [1.29, 1.82) is 5.26 Å². The molecule has 0 aliphatic heterocycles. The zero-order chi connectivity index (χ0) is 13.1. The first-order chi connectivity index (χ1) is 8.60. The molecule has 0 bridgehead atoms. The first-order valence-corrected chi connectivity index (χ1v) is 5.49. The fraction of sp³-hybridized carbons (Fsp3) is 0. The van der Waals surface area contributed by atoms with E-state index in [1.165, 1.54) is 24.3 Å². The number of hydrogen-bond donors (Lipinski definition) is 2. The Kier molecular flexibility index (Phi) is 3.35. The fourth-order valence-corrected chi connectivity index (χ4v) is 1.67. The molecule has 0 saturated carbocycles. The SMILES string of the molecule is N#Cc1cc(N)ccc1Nc1cc(Cl)ccc1F. The second-order valence-corrected chi connectivity index (χ2v) is 4.10. The van der Waals surface area contributed by atoms with E-state index in [1.54, 1.807) is 12.1 Å². The van der Waals surface area contributed by atoms with Crippen LogP contribution in [-0.2, 0) is 0 Å². The summed E-state index contributed by atoms with van der Waals surface area (Å²) < 4.78 is 13.5. The Labute approximate surface area is 109 Å². The Bertz CT molecular complexity index is 635. The van der Waals surface area contributed by atoms with E-state index in [1.807, 2.05) is 6.07 Å². The molecular weight excluding hydrogens is 253 g/mol. The average Bonchev–Trinajstić information content (AvgIpc) is 2.36. The lowest BCUT2D eigenvalue weighted by atomic mass is 10.1. The number of rotatable bonds is 2. The predicted molar refractivity (Wildman–Crippen MR) is 70.3 cm³/mol. The second kappa shape index (κ2) is 4.94. The number of anilines is 3. The van der Waals surface area contributed by atoms with Gasteiger partial charge in [-0.1, -0.05) is 11.6 Å². The Morgan fingerprint density at radius 2 is 1.94 bits per heavy atom. The molecule has 0 unspecified atom stereocenters. The summed E-state index contributed by atoms with van der Waals surface area (Å²) in [5.74, 6) is -0.444. The summed E-state index contributed by atoms with van der Waals surface area (Å²) in [7, 11) is 0. The van der Waals surface area contributed by atoms with Crippen LogP contribution in [0.3, 0.4) is 0 Å². The molecule has 18 heavy (non-hydrogen) atoms. The standard InChI is InChI=1S/C13H9ClFN3/c14-9-1-3-11(15)13(6-9)18-12-4-2-10(17)5-8(12)7-16/h1-6,18H,17H2. The Morgan fingerprint density at radius 1 is 1.17 bits per heavy atom. The van der Waals surface area contributed by atoms with Gasteiger partial charge in [0.2, 0.25) is 0 Å². The van der Waals surface area contributed by atoms with Crippen LogP contribution < -0.4 is 11.1 Å². The molecule has 0 atom stereocenters. The number of halogens is 2. The van der Waals surface area contributed by atoms with Crippen LogP contribution >= 0.6 is 11.6 Å². The summed E-state index contributed by atoms with van der Waals surface area (Å²) in [4.78, 5) is 0. The van der Waals surface area contributed by atoms with Crippen LogP contribution in [0.4, 0.5) is 21.5 Å². The highest BCUT2D eigenvalue weighted by Gasteiger charge is 2.07. The van der Waals surface area contributed by atoms with Crippen molar-refractivity contribution < 1.29 is 4.39 Å². The Morgan fingerprint density at radius 3 is 2.67 bits per heavy atom. The maximum atomic E-state index is 13.5. The number of nitrogens with two attached hydrogens (primary N) is 1. The van der Waals surface area contributed by atoms with Crippen LogP contribution in [0.2, 0.25) is 5.02 Å². The molecule has 2 aromatic rings. The van der Waals surface area contributed by atoms with E-state index >= 15 is 0 Å². The van der Waals surface area contributed by atoms with Gasteiger partial charge in [0.1, 0.15) is 11.9 Å². The normalized spacial score (nSPS) is 9.83. The average molecular weight is 262 g/mol. The summed E-state index contributed by atoms with van der Waals surface area (Å²) >= 11 is 5.79. The maximum absolute atomic E-state index is 13.5. The molecule has 0 aliphatic carbocycles. The fourth-order valence-electron chi connectivity index (χ4n) is 1.50. The number of hydrogen-bond acceptors (Lipinski definition) is 3. The molecule has 0 fully saturated rings. The quantitative estimate of drug-likeness (QED) is 0.811. The Hall–Kier alpha value is -2.25. The topological polar surface area (TPSA) is 61.8 Å². The van der Waals surface area contributed by atoms with E-state index in [2.05, 4.69) is 5.32 Å². The molecule has 3 N–H and O–H groups in total. The molecule has 90 valence electrons. The third-order valence-corrected chi connectivity index (χ3v) is 2.60. The number of nitrogen functional groups attached to an aromatic ring is 1. The van der Waals surface area contributed by atoms with E-state index in [4.69, 9.17) is 22.6 Å². The third kappa shape index (κ3) is 2.53. The van der Waals surface area contributed by atoms with Crippen molar-refractivity contribution >= 4 is 28.7 Å². The van der Waals surface area contributed by atoms with Crippen LogP contribution in [0.15, 0.2) is 36.4 Å². The van der Waals surface area contributed by atoms with E-state index in [-0.39, 0.29) is 5.69 Å². The van der Waals surface area contributed by atoms with Gasteiger partial charge in [-0.05, 0) is 36.4 Å². The molecule has 0 heterocycles. The van der Waals surface area contributed by atoms with Crippen molar-refractivity contribution in [2.24, 2.45) is 0 Å². The molecule has 2 rings (SSSR count). The van der Waals surface area contributed by atoms with Crippen molar-refractivity contribution in [3.05, 3.63) is 52.8 Å². The van der Waals surface area contributed by atoms with E-state index in [0.717, 1.165) is 0 Å². The highest BCUT2D eigenvalue weighted by atomic mass is 35.5. The van der Waals surface area contributed by atoms with Crippen LogP contribution in [0.5, 0.6) is 0 Å². The Balaban J connectivity index is 2.40. The lowest BCUT2D eigenvalue weighted by Gasteiger charge is -2.10. The molecule has 0 spiro atoms. The van der Waals surface area contributed by atoms with Gasteiger partial charge in [-0.25, -0.2) is 4.39 Å². The number of nitrogens with zero attached hydrogens (tertiary/aromatic N) is 1. The van der Waals surface area contributed by atoms with E-state index in [0.29, 0.717) is 22.0 Å². The summed E-state index contributed by atoms with van der Waals surface area (Å²) in [6.07, 6.45) is 0. The lowest BCUT2D eigenvalue weighted by Crippen LogP contribution is -1.97. The molecule has 0 radical (unpaired) electrons. The van der Waals surface area contributed by atoms with E-state index in [9.17, 15) is 4.39 Å². The zero-order valence-corrected chi connectivity index (χ0v) is 10.0. The number of benzene rings is 2.